The third kappa shape index (κ3) is 5.74. The molecule has 0 saturated carbocycles. The van der Waals surface area contributed by atoms with Gasteiger partial charge in [0.15, 0.2) is 0 Å². The third-order valence-corrected chi connectivity index (χ3v) is 7.95. The molecule has 0 bridgehead atoms. The Hall–Kier alpha value is -4.22. The van der Waals surface area contributed by atoms with Crippen molar-refractivity contribution in [3.63, 3.8) is 0 Å². The van der Waals surface area contributed by atoms with E-state index in [2.05, 4.69) is 4.98 Å². The summed E-state index contributed by atoms with van der Waals surface area (Å²) in [6.45, 7) is 1.48. The van der Waals surface area contributed by atoms with Gasteiger partial charge in [0, 0.05) is 25.3 Å². The van der Waals surface area contributed by atoms with Crippen LogP contribution in [0.1, 0.15) is 34.9 Å². The Kier molecular flexibility index (Phi) is 8.84. The molecule has 10 heteroatoms. The van der Waals surface area contributed by atoms with Gasteiger partial charge in [-0.1, -0.05) is 54.6 Å². The van der Waals surface area contributed by atoms with Crippen LogP contribution in [0.15, 0.2) is 94.6 Å². The van der Waals surface area contributed by atoms with Gasteiger partial charge < -0.3 is 28.8 Å². The van der Waals surface area contributed by atoms with E-state index in [-0.39, 0.29) is 19.6 Å². The van der Waals surface area contributed by atoms with Crippen LogP contribution in [0.4, 0.5) is 0 Å². The van der Waals surface area contributed by atoms with Gasteiger partial charge in [0.1, 0.15) is 28.9 Å². The number of benzene rings is 3. The molecule has 4 aromatic rings. The number of hydrogen-bond acceptors (Lipinski definition) is 8. The number of nitrogens with one attached hydrogen (secondary N) is 1. The molecule has 2 heterocycles. The Morgan fingerprint density at radius 1 is 0.884 bits per heavy atom. The topological polar surface area (TPSA) is 121 Å². The summed E-state index contributed by atoms with van der Waals surface area (Å²) >= 11 is 0. The summed E-state index contributed by atoms with van der Waals surface area (Å²) in [4.78, 5) is 27.0. The summed E-state index contributed by atoms with van der Waals surface area (Å²) in [6.07, 6.45) is -0.394. The van der Waals surface area contributed by atoms with Crippen molar-refractivity contribution >= 4 is 0 Å². The molecule has 0 aliphatic carbocycles. The molecule has 0 radical (unpaired) electrons. The number of hydrogen-bond donors (Lipinski definition) is 2. The molecule has 1 saturated heterocycles. The summed E-state index contributed by atoms with van der Waals surface area (Å²) in [6, 6.07) is 25.0. The van der Waals surface area contributed by atoms with Crippen molar-refractivity contribution in [3.8, 4) is 11.5 Å². The molecule has 1 aromatic heterocycles. The fraction of sp³-hybridized carbons (Fsp3) is 0.333. The standard InChI is InChI=1S/C33H36N2O8/c1-22-19-35(31(38)34-30(22)37)29-18-28(36)32(43-29,20-39-2)21-42-33(23-8-6-5-7-9-23,24-10-14-26(40-3)15-11-24)25-12-16-27(41-4)17-13-25/h5-17,19,28-29,36H,18,20-21H2,1-4H3,(H,34,37,38)/t28?,29-,32-/m1/s1. The average molecular weight is 589 g/mol. The van der Waals surface area contributed by atoms with E-state index in [1.807, 2.05) is 78.9 Å². The molecule has 3 atom stereocenters. The predicted octanol–water partition coefficient (Wildman–Crippen LogP) is 3.54. The van der Waals surface area contributed by atoms with Gasteiger partial charge in [0.05, 0.1) is 33.5 Å². The summed E-state index contributed by atoms with van der Waals surface area (Å²) in [5.74, 6) is 1.38. The van der Waals surface area contributed by atoms with E-state index in [1.165, 1.54) is 17.9 Å². The van der Waals surface area contributed by atoms with E-state index in [0.29, 0.717) is 17.1 Å². The molecule has 3 aromatic carbocycles. The van der Waals surface area contributed by atoms with Crippen LogP contribution in [-0.2, 0) is 19.8 Å². The van der Waals surface area contributed by atoms with E-state index < -0.39 is 34.8 Å². The number of H-pyrrole nitrogens is 1. The Labute approximate surface area is 249 Å². The number of aliphatic hydroxyl groups is 1. The first-order valence-corrected chi connectivity index (χ1v) is 13.9. The van der Waals surface area contributed by atoms with Gasteiger partial charge in [0.25, 0.3) is 5.56 Å². The molecule has 0 spiro atoms. The van der Waals surface area contributed by atoms with Crippen molar-refractivity contribution in [3.05, 3.63) is 128 Å². The zero-order valence-electron chi connectivity index (χ0n) is 24.6. The quantitative estimate of drug-likeness (QED) is 0.255. The van der Waals surface area contributed by atoms with Crippen LogP contribution in [-0.4, -0.2) is 60.9 Å². The molecule has 10 nitrogen and oxygen atoms in total. The Balaban J connectivity index is 1.62. The van der Waals surface area contributed by atoms with Crippen molar-refractivity contribution in [2.45, 2.75) is 36.9 Å². The minimum absolute atomic E-state index is 0.0160. The lowest BCUT2D eigenvalue weighted by Gasteiger charge is -2.40. The largest absolute Gasteiger partial charge is 0.497 e. The average Bonchev–Trinajstić information content (AvgIpc) is 3.35. The monoisotopic (exact) mass is 588 g/mol. The molecule has 1 aliphatic rings. The Morgan fingerprint density at radius 2 is 1.44 bits per heavy atom. The van der Waals surface area contributed by atoms with Crippen molar-refractivity contribution in [1.82, 2.24) is 9.55 Å². The van der Waals surface area contributed by atoms with Gasteiger partial charge in [-0.3, -0.25) is 14.3 Å². The number of aliphatic hydroxyl groups excluding tert-OH is 1. The second-order valence-electron chi connectivity index (χ2n) is 10.6. The highest BCUT2D eigenvalue weighted by molar-refractivity contribution is 5.49. The smallest absolute Gasteiger partial charge is 0.330 e. The van der Waals surface area contributed by atoms with Gasteiger partial charge >= 0.3 is 5.69 Å². The van der Waals surface area contributed by atoms with Gasteiger partial charge in [-0.15, -0.1) is 0 Å². The van der Waals surface area contributed by atoms with Gasteiger partial charge in [-0.2, -0.15) is 0 Å². The van der Waals surface area contributed by atoms with Crippen LogP contribution < -0.4 is 20.7 Å². The van der Waals surface area contributed by atoms with Gasteiger partial charge in [-0.05, 0) is 47.9 Å². The van der Waals surface area contributed by atoms with Gasteiger partial charge in [-0.25, -0.2) is 4.79 Å². The number of aryl methyl sites for hydroxylation is 1. The van der Waals surface area contributed by atoms with Crippen LogP contribution in [0, 0.1) is 6.92 Å². The molecule has 1 aliphatic heterocycles. The lowest BCUT2D eigenvalue weighted by Crippen LogP contribution is -2.50. The fourth-order valence-corrected chi connectivity index (χ4v) is 5.62. The third-order valence-electron chi connectivity index (χ3n) is 7.95. The molecular weight excluding hydrogens is 552 g/mol. The van der Waals surface area contributed by atoms with E-state index >= 15 is 0 Å². The Morgan fingerprint density at radius 3 is 1.98 bits per heavy atom. The molecule has 5 rings (SSSR count). The van der Waals surface area contributed by atoms with E-state index in [0.717, 1.165) is 16.7 Å². The maximum Gasteiger partial charge on any atom is 0.330 e. The zero-order valence-corrected chi connectivity index (χ0v) is 24.6. The second kappa shape index (κ2) is 12.6. The number of methoxy groups -OCH3 is 3. The number of aromatic nitrogens is 2. The van der Waals surface area contributed by atoms with Gasteiger partial charge in [0.2, 0.25) is 0 Å². The maximum atomic E-state index is 12.7. The molecule has 1 unspecified atom stereocenters. The molecular formula is C33H36N2O8. The number of ether oxygens (including phenoxy) is 5. The first-order chi connectivity index (χ1) is 20.8. The van der Waals surface area contributed by atoms with Crippen molar-refractivity contribution < 1.29 is 28.8 Å². The molecule has 2 N–H and O–H groups in total. The van der Waals surface area contributed by atoms with Crippen LogP contribution in [0.25, 0.3) is 0 Å². The first-order valence-electron chi connectivity index (χ1n) is 13.9. The highest BCUT2D eigenvalue weighted by Crippen LogP contribution is 2.44. The lowest BCUT2D eigenvalue weighted by atomic mass is 9.79. The van der Waals surface area contributed by atoms with E-state index in [9.17, 15) is 14.7 Å². The lowest BCUT2D eigenvalue weighted by molar-refractivity contribution is -0.182. The summed E-state index contributed by atoms with van der Waals surface area (Å²) in [5, 5.41) is 11.5. The number of rotatable bonds is 11. The van der Waals surface area contributed by atoms with Crippen LogP contribution in [0.3, 0.4) is 0 Å². The van der Waals surface area contributed by atoms with Crippen LogP contribution in [0.5, 0.6) is 11.5 Å². The minimum Gasteiger partial charge on any atom is -0.497 e. The zero-order chi connectivity index (χ0) is 30.6. The van der Waals surface area contributed by atoms with E-state index in [1.54, 1.807) is 21.1 Å². The van der Waals surface area contributed by atoms with Crippen molar-refractivity contribution in [2.75, 3.05) is 34.5 Å². The summed E-state index contributed by atoms with van der Waals surface area (Å²) in [5.41, 5.74) is -0.790. The van der Waals surface area contributed by atoms with Crippen molar-refractivity contribution in [1.29, 1.82) is 0 Å². The van der Waals surface area contributed by atoms with Crippen molar-refractivity contribution in [2.24, 2.45) is 0 Å². The molecule has 1 fully saturated rings. The number of aromatic amines is 1. The maximum absolute atomic E-state index is 12.7. The predicted molar refractivity (Wildman–Crippen MR) is 160 cm³/mol. The molecule has 0 amide bonds. The highest BCUT2D eigenvalue weighted by atomic mass is 16.6. The SMILES string of the molecule is COC[C@]1(COC(c2ccccc2)(c2ccc(OC)cc2)c2ccc(OC)cc2)O[C@@H](n2cc(C)c(=O)[nH]c2=O)CC1O. The molecule has 43 heavy (non-hydrogen) atoms. The first kappa shape index (κ1) is 30.2. The fourth-order valence-electron chi connectivity index (χ4n) is 5.62. The Bertz CT molecular complexity index is 1590. The van der Waals surface area contributed by atoms with Crippen LogP contribution >= 0.6 is 0 Å². The minimum atomic E-state index is -1.35. The highest BCUT2D eigenvalue weighted by Gasteiger charge is 2.52. The van der Waals surface area contributed by atoms with E-state index in [4.69, 9.17) is 23.7 Å². The van der Waals surface area contributed by atoms with Crippen LogP contribution in [0.2, 0.25) is 0 Å². The summed E-state index contributed by atoms with van der Waals surface area (Å²) in [7, 11) is 4.73. The normalized spacial score (nSPS) is 20.2. The molecule has 226 valence electrons. The second-order valence-corrected chi connectivity index (χ2v) is 10.6. The summed E-state index contributed by atoms with van der Waals surface area (Å²) < 4.78 is 31.2. The number of nitrogens with zero attached hydrogens (tertiary/aromatic N) is 1.